The lowest BCUT2D eigenvalue weighted by atomic mass is 9.68. The number of benzene rings is 1. The fraction of sp³-hybridized carbons (Fsp3) is 0.400. The molecule has 1 aromatic carbocycles. The van der Waals surface area contributed by atoms with Crippen LogP contribution in [-0.2, 0) is 10.2 Å². The molecule has 1 aliphatic carbocycles. The minimum absolute atomic E-state index is 0.000376. The highest BCUT2D eigenvalue weighted by molar-refractivity contribution is 5.47. The summed E-state index contributed by atoms with van der Waals surface area (Å²) in [5.74, 6) is 0.873. The molecule has 0 spiro atoms. The second-order valence-electron chi connectivity index (χ2n) is 5.75. The standard InChI is InChI=1S/C20H26O3/c1-5-20(6-2,17-11-13-18(22-3)14-12-17)16-9-7-15(8-10-16)19(21)23-4/h7,9-14,21H,5-6,8H2,1-4H3. The lowest BCUT2D eigenvalue weighted by Crippen LogP contribution is -2.27. The molecule has 1 aromatic rings. The van der Waals surface area contributed by atoms with E-state index in [1.807, 2.05) is 18.2 Å². The van der Waals surface area contributed by atoms with Crippen LogP contribution in [0.5, 0.6) is 5.75 Å². The zero-order chi connectivity index (χ0) is 16.9. The van der Waals surface area contributed by atoms with Gasteiger partial charge in [-0.3, -0.25) is 0 Å². The van der Waals surface area contributed by atoms with Gasteiger partial charge in [0.1, 0.15) is 5.75 Å². The summed E-state index contributed by atoms with van der Waals surface area (Å²) in [6.45, 7) is 4.45. The molecule has 0 fully saturated rings. The number of rotatable bonds is 6. The Hall–Kier alpha value is -2.16. The van der Waals surface area contributed by atoms with Gasteiger partial charge in [0.25, 0.3) is 5.95 Å². The summed E-state index contributed by atoms with van der Waals surface area (Å²) in [6.07, 6.45) is 8.97. The van der Waals surface area contributed by atoms with Crippen molar-refractivity contribution in [3.63, 3.8) is 0 Å². The fourth-order valence-corrected chi connectivity index (χ4v) is 3.33. The van der Waals surface area contributed by atoms with Gasteiger partial charge in [-0.05, 0) is 42.5 Å². The molecule has 0 aromatic heterocycles. The van der Waals surface area contributed by atoms with Crippen molar-refractivity contribution < 1.29 is 14.6 Å². The first kappa shape index (κ1) is 17.2. The molecule has 0 radical (unpaired) electrons. The maximum absolute atomic E-state index is 9.72. The largest absolute Gasteiger partial charge is 0.497 e. The molecule has 0 amide bonds. The van der Waals surface area contributed by atoms with Crippen LogP contribution in [0.1, 0.15) is 38.7 Å². The quantitative estimate of drug-likeness (QED) is 0.746. The van der Waals surface area contributed by atoms with Crippen molar-refractivity contribution in [2.24, 2.45) is 0 Å². The molecule has 23 heavy (non-hydrogen) atoms. The highest BCUT2D eigenvalue weighted by Gasteiger charge is 2.32. The van der Waals surface area contributed by atoms with Crippen LogP contribution >= 0.6 is 0 Å². The SMILES string of the molecule is CCC(CC)(C1=CCC(=C(O)OC)C=C1)c1ccc(OC)cc1. The highest BCUT2D eigenvalue weighted by atomic mass is 16.6. The third kappa shape index (κ3) is 3.29. The second kappa shape index (κ2) is 7.40. The number of ether oxygens (including phenoxy) is 2. The van der Waals surface area contributed by atoms with Gasteiger partial charge in [-0.1, -0.05) is 44.2 Å². The van der Waals surface area contributed by atoms with Gasteiger partial charge in [0, 0.05) is 11.0 Å². The van der Waals surface area contributed by atoms with Gasteiger partial charge in [0.15, 0.2) is 0 Å². The topological polar surface area (TPSA) is 38.7 Å². The normalized spacial score (nSPS) is 16.8. The lowest BCUT2D eigenvalue weighted by molar-refractivity contribution is 0.132. The minimum Gasteiger partial charge on any atom is -0.497 e. The van der Waals surface area contributed by atoms with Gasteiger partial charge in [-0.25, -0.2) is 0 Å². The van der Waals surface area contributed by atoms with Crippen LogP contribution in [-0.4, -0.2) is 19.3 Å². The van der Waals surface area contributed by atoms with Crippen molar-refractivity contribution in [1.29, 1.82) is 0 Å². The molecule has 0 aliphatic heterocycles. The number of methoxy groups -OCH3 is 2. The van der Waals surface area contributed by atoms with Gasteiger partial charge in [-0.2, -0.15) is 0 Å². The number of aliphatic hydroxyl groups excluding tert-OH is 1. The van der Waals surface area contributed by atoms with Crippen LogP contribution < -0.4 is 4.74 Å². The van der Waals surface area contributed by atoms with Crippen LogP contribution in [0.25, 0.3) is 0 Å². The molecule has 1 N–H and O–H groups in total. The first-order valence-corrected chi connectivity index (χ1v) is 8.10. The Kier molecular flexibility index (Phi) is 5.54. The highest BCUT2D eigenvalue weighted by Crippen LogP contribution is 2.42. The number of aliphatic hydroxyl groups is 1. The molecule has 0 atom stereocenters. The molecular weight excluding hydrogens is 288 g/mol. The summed E-state index contributed by atoms with van der Waals surface area (Å²) in [5, 5.41) is 9.72. The van der Waals surface area contributed by atoms with Crippen molar-refractivity contribution in [3.8, 4) is 5.75 Å². The average Bonchev–Trinajstić information content (AvgIpc) is 2.63. The summed E-state index contributed by atoms with van der Waals surface area (Å²) in [4.78, 5) is 0. The summed E-state index contributed by atoms with van der Waals surface area (Å²) in [7, 11) is 3.17. The van der Waals surface area contributed by atoms with Crippen molar-refractivity contribution in [3.05, 3.63) is 65.1 Å². The monoisotopic (exact) mass is 314 g/mol. The van der Waals surface area contributed by atoms with Crippen LogP contribution in [0, 0.1) is 0 Å². The van der Waals surface area contributed by atoms with E-state index in [4.69, 9.17) is 9.47 Å². The van der Waals surface area contributed by atoms with Crippen LogP contribution in [0.15, 0.2) is 59.6 Å². The number of hydrogen-bond donors (Lipinski definition) is 1. The zero-order valence-electron chi connectivity index (χ0n) is 14.4. The van der Waals surface area contributed by atoms with Gasteiger partial charge in [-0.15, -0.1) is 0 Å². The molecule has 1 aliphatic rings. The summed E-state index contributed by atoms with van der Waals surface area (Å²) >= 11 is 0. The molecule has 0 unspecified atom stereocenters. The maximum Gasteiger partial charge on any atom is 0.279 e. The van der Waals surface area contributed by atoms with E-state index in [0.29, 0.717) is 6.42 Å². The Morgan fingerprint density at radius 3 is 2.17 bits per heavy atom. The molecule has 124 valence electrons. The van der Waals surface area contributed by atoms with E-state index in [1.165, 1.54) is 18.2 Å². The van der Waals surface area contributed by atoms with E-state index in [1.54, 1.807) is 7.11 Å². The molecule has 2 rings (SSSR count). The van der Waals surface area contributed by atoms with E-state index in [0.717, 1.165) is 24.2 Å². The molecule has 3 nitrogen and oxygen atoms in total. The molecule has 0 bridgehead atoms. The van der Waals surface area contributed by atoms with E-state index in [-0.39, 0.29) is 11.4 Å². The first-order valence-electron chi connectivity index (χ1n) is 8.10. The lowest BCUT2D eigenvalue weighted by Gasteiger charge is -2.35. The van der Waals surface area contributed by atoms with Crippen molar-refractivity contribution in [1.82, 2.24) is 0 Å². The van der Waals surface area contributed by atoms with Crippen molar-refractivity contribution in [2.45, 2.75) is 38.5 Å². The summed E-state index contributed by atoms with van der Waals surface area (Å²) in [6, 6.07) is 8.34. The summed E-state index contributed by atoms with van der Waals surface area (Å²) in [5.41, 5.74) is 3.38. The first-order chi connectivity index (χ1) is 11.1. The predicted octanol–water partition coefficient (Wildman–Crippen LogP) is 5.06. The maximum atomic E-state index is 9.72. The zero-order valence-corrected chi connectivity index (χ0v) is 14.4. The molecule has 3 heteroatoms. The number of hydrogen-bond acceptors (Lipinski definition) is 3. The Morgan fingerprint density at radius 1 is 1.09 bits per heavy atom. The minimum atomic E-state index is -0.0169. The summed E-state index contributed by atoms with van der Waals surface area (Å²) < 4.78 is 10.2. The Morgan fingerprint density at radius 2 is 1.74 bits per heavy atom. The van der Waals surface area contributed by atoms with Gasteiger partial charge in [0.2, 0.25) is 0 Å². The Balaban J connectivity index is 2.38. The van der Waals surface area contributed by atoms with Crippen molar-refractivity contribution in [2.75, 3.05) is 14.2 Å². The van der Waals surface area contributed by atoms with Gasteiger partial charge < -0.3 is 14.6 Å². The van der Waals surface area contributed by atoms with E-state index in [9.17, 15) is 5.11 Å². The molecular formula is C20H26O3. The van der Waals surface area contributed by atoms with E-state index >= 15 is 0 Å². The van der Waals surface area contributed by atoms with Crippen LogP contribution in [0.2, 0.25) is 0 Å². The van der Waals surface area contributed by atoms with Crippen LogP contribution in [0.4, 0.5) is 0 Å². The van der Waals surface area contributed by atoms with Gasteiger partial charge in [0.05, 0.1) is 14.2 Å². The van der Waals surface area contributed by atoms with Gasteiger partial charge >= 0.3 is 0 Å². The second-order valence-corrected chi connectivity index (χ2v) is 5.75. The van der Waals surface area contributed by atoms with E-state index < -0.39 is 0 Å². The smallest absolute Gasteiger partial charge is 0.279 e. The average molecular weight is 314 g/mol. The molecule has 0 saturated carbocycles. The number of allylic oxidation sites excluding steroid dienone is 5. The molecule has 0 heterocycles. The Labute approximate surface area is 138 Å². The van der Waals surface area contributed by atoms with Crippen molar-refractivity contribution >= 4 is 0 Å². The molecule has 0 saturated heterocycles. The predicted molar refractivity (Wildman–Crippen MR) is 93.8 cm³/mol. The fourth-order valence-electron chi connectivity index (χ4n) is 3.33. The van der Waals surface area contributed by atoms with Crippen LogP contribution in [0.3, 0.4) is 0 Å². The van der Waals surface area contributed by atoms with E-state index in [2.05, 4.69) is 38.1 Å². The third-order valence-corrected chi connectivity index (χ3v) is 4.88. The third-order valence-electron chi connectivity index (χ3n) is 4.88. The Bertz CT molecular complexity index is 617.